The Hall–Kier alpha value is -0.550. The molecule has 0 saturated heterocycles. The molecule has 1 aromatic carbocycles. The van der Waals surface area contributed by atoms with Crippen molar-refractivity contribution in [3.8, 4) is 0 Å². The molecule has 1 heterocycles. The summed E-state index contributed by atoms with van der Waals surface area (Å²) in [6, 6.07) is 4.97. The number of hydrogen-bond donors (Lipinski definition) is 1. The van der Waals surface area contributed by atoms with Crippen LogP contribution in [-0.2, 0) is 0 Å². The molecule has 1 aromatic rings. The van der Waals surface area contributed by atoms with Crippen molar-refractivity contribution in [3.63, 3.8) is 0 Å². The summed E-state index contributed by atoms with van der Waals surface area (Å²) in [7, 11) is 0. The molecule has 0 bridgehead atoms. The highest BCUT2D eigenvalue weighted by Gasteiger charge is 2.28. The lowest BCUT2D eigenvalue weighted by Crippen LogP contribution is -2.20. The largest absolute Gasteiger partial charge is 0.333 e. The molecule has 0 aliphatic carbocycles. The number of hydrogen-bond acceptors (Lipinski definition) is 3. The van der Waals surface area contributed by atoms with Crippen LogP contribution in [0.2, 0.25) is 0 Å². The van der Waals surface area contributed by atoms with Crippen LogP contribution < -0.4 is 5.32 Å². The lowest BCUT2D eigenvalue weighted by atomic mass is 10.0. The van der Waals surface area contributed by atoms with Crippen molar-refractivity contribution in [2.24, 2.45) is 4.99 Å². The maximum Gasteiger partial charge on any atom is 0.161 e. The van der Waals surface area contributed by atoms with Crippen LogP contribution >= 0.6 is 27.7 Å². The zero-order chi connectivity index (χ0) is 12.5. The van der Waals surface area contributed by atoms with Crippen LogP contribution in [0.3, 0.4) is 0 Å². The molecule has 0 radical (unpaired) electrons. The van der Waals surface area contributed by atoms with Crippen molar-refractivity contribution in [1.29, 1.82) is 0 Å². The minimum absolute atomic E-state index is 0.0150. The van der Waals surface area contributed by atoms with Gasteiger partial charge in [-0.3, -0.25) is 4.99 Å². The van der Waals surface area contributed by atoms with Crippen LogP contribution in [0.25, 0.3) is 0 Å². The molecule has 0 fully saturated rings. The molecule has 1 atom stereocenters. The van der Waals surface area contributed by atoms with Gasteiger partial charge in [0.1, 0.15) is 5.82 Å². The van der Waals surface area contributed by atoms with E-state index < -0.39 is 0 Å². The van der Waals surface area contributed by atoms with Gasteiger partial charge in [0.25, 0.3) is 0 Å². The predicted molar refractivity (Wildman–Crippen MR) is 76.3 cm³/mol. The monoisotopic (exact) mass is 316 g/mol. The maximum absolute atomic E-state index is 13.6. The van der Waals surface area contributed by atoms with Gasteiger partial charge in [-0.1, -0.05) is 34.6 Å². The molecule has 2 rings (SSSR count). The molecule has 1 unspecified atom stereocenters. The van der Waals surface area contributed by atoms with Gasteiger partial charge in [0.15, 0.2) is 5.17 Å². The maximum atomic E-state index is 13.6. The Labute approximate surface area is 113 Å². The number of nitrogens with one attached hydrogen (secondary N) is 1. The molecular formula is C12H14BrFN2S. The Morgan fingerprint density at radius 3 is 2.94 bits per heavy atom. The van der Waals surface area contributed by atoms with Crippen molar-refractivity contribution >= 4 is 38.5 Å². The Balaban J connectivity index is 2.15. The van der Waals surface area contributed by atoms with E-state index in [1.54, 1.807) is 17.8 Å². The summed E-state index contributed by atoms with van der Waals surface area (Å²) < 4.78 is 14.4. The zero-order valence-electron chi connectivity index (χ0n) is 9.76. The molecule has 92 valence electrons. The summed E-state index contributed by atoms with van der Waals surface area (Å²) in [4.78, 5) is 4.59. The van der Waals surface area contributed by atoms with Crippen LogP contribution in [0.4, 0.5) is 10.1 Å². The number of aliphatic imine (C=N–C) groups is 1. The van der Waals surface area contributed by atoms with E-state index >= 15 is 0 Å². The van der Waals surface area contributed by atoms with E-state index in [0.717, 1.165) is 21.8 Å². The number of rotatable bonds is 2. The van der Waals surface area contributed by atoms with Crippen molar-refractivity contribution in [2.45, 2.75) is 25.8 Å². The third kappa shape index (κ3) is 3.01. The lowest BCUT2D eigenvalue weighted by molar-refractivity contribution is 0.522. The van der Waals surface area contributed by atoms with Crippen LogP contribution in [0.5, 0.6) is 0 Å². The Kier molecular flexibility index (Phi) is 3.78. The molecule has 1 N–H and O–H groups in total. The summed E-state index contributed by atoms with van der Waals surface area (Å²) in [5.41, 5.74) is 0.457. The van der Waals surface area contributed by atoms with Gasteiger partial charge in [0, 0.05) is 10.2 Å². The minimum Gasteiger partial charge on any atom is -0.333 e. The normalized spacial score (nSPS) is 23.6. The molecule has 0 spiro atoms. The highest BCUT2D eigenvalue weighted by atomic mass is 79.9. The van der Waals surface area contributed by atoms with E-state index in [1.807, 2.05) is 6.07 Å². The molecule has 0 saturated carbocycles. The highest BCUT2D eigenvalue weighted by Crippen LogP contribution is 2.31. The second kappa shape index (κ2) is 4.98. The number of thioether (sulfide) groups is 1. The van der Waals surface area contributed by atoms with Gasteiger partial charge in [0.2, 0.25) is 0 Å². The third-order valence-corrected chi connectivity index (χ3v) is 4.55. The molecule has 5 heteroatoms. The number of halogens is 2. The van der Waals surface area contributed by atoms with Crippen molar-refractivity contribution in [3.05, 3.63) is 28.5 Å². The summed E-state index contributed by atoms with van der Waals surface area (Å²) in [5, 5.41) is 3.84. The van der Waals surface area contributed by atoms with Gasteiger partial charge < -0.3 is 5.32 Å². The SMILES string of the molecule is CCC1(C)CSC(Nc2ccc(Br)cc2F)=N1. The standard InChI is InChI=1S/C12H14BrFN2S/c1-3-12(2)7-17-11(16-12)15-10-5-4-8(13)6-9(10)14/h4-6H,3,7H2,1-2H3,(H,15,16). The second-order valence-electron chi connectivity index (χ2n) is 4.31. The summed E-state index contributed by atoms with van der Waals surface area (Å²) in [5.74, 6) is 0.678. The van der Waals surface area contributed by atoms with Gasteiger partial charge >= 0.3 is 0 Å². The fourth-order valence-corrected chi connectivity index (χ4v) is 3.00. The van der Waals surface area contributed by atoms with E-state index in [1.165, 1.54) is 6.07 Å². The molecule has 0 aromatic heterocycles. The van der Waals surface area contributed by atoms with E-state index in [0.29, 0.717) is 5.69 Å². The number of nitrogens with zero attached hydrogens (tertiary/aromatic N) is 1. The lowest BCUT2D eigenvalue weighted by Gasteiger charge is -2.15. The van der Waals surface area contributed by atoms with Crippen molar-refractivity contribution < 1.29 is 4.39 Å². The van der Waals surface area contributed by atoms with E-state index in [4.69, 9.17) is 0 Å². The first kappa shape index (κ1) is 12.9. The van der Waals surface area contributed by atoms with E-state index in [-0.39, 0.29) is 11.4 Å². The Bertz CT molecular complexity index is 464. The quantitative estimate of drug-likeness (QED) is 0.881. The molecule has 0 amide bonds. The topological polar surface area (TPSA) is 24.4 Å². The third-order valence-electron chi connectivity index (χ3n) is 2.83. The molecule has 2 nitrogen and oxygen atoms in total. The summed E-state index contributed by atoms with van der Waals surface area (Å²) in [6.07, 6.45) is 0.994. The Morgan fingerprint density at radius 1 is 1.59 bits per heavy atom. The van der Waals surface area contributed by atoms with E-state index in [2.05, 4.69) is 40.1 Å². The number of anilines is 1. The number of amidine groups is 1. The average molecular weight is 317 g/mol. The fourth-order valence-electron chi connectivity index (χ4n) is 1.48. The van der Waals surface area contributed by atoms with E-state index in [9.17, 15) is 4.39 Å². The van der Waals surface area contributed by atoms with Crippen molar-refractivity contribution in [1.82, 2.24) is 0 Å². The average Bonchev–Trinajstić information content (AvgIpc) is 2.66. The summed E-state index contributed by atoms with van der Waals surface area (Å²) in [6.45, 7) is 4.24. The minimum atomic E-state index is -0.271. The first-order valence-electron chi connectivity index (χ1n) is 5.47. The number of benzene rings is 1. The summed E-state index contributed by atoms with van der Waals surface area (Å²) >= 11 is 4.88. The van der Waals surface area contributed by atoms with Gasteiger partial charge in [-0.05, 0) is 31.5 Å². The highest BCUT2D eigenvalue weighted by molar-refractivity contribution is 9.10. The van der Waals surface area contributed by atoms with Gasteiger partial charge in [-0.15, -0.1) is 0 Å². The first-order valence-corrected chi connectivity index (χ1v) is 7.25. The smallest absolute Gasteiger partial charge is 0.161 e. The van der Waals surface area contributed by atoms with Gasteiger partial charge in [-0.2, -0.15) is 0 Å². The second-order valence-corrected chi connectivity index (χ2v) is 6.19. The van der Waals surface area contributed by atoms with Crippen LogP contribution in [0, 0.1) is 5.82 Å². The first-order chi connectivity index (χ1) is 8.02. The van der Waals surface area contributed by atoms with Crippen molar-refractivity contribution in [2.75, 3.05) is 11.1 Å². The molecule has 17 heavy (non-hydrogen) atoms. The zero-order valence-corrected chi connectivity index (χ0v) is 12.2. The fraction of sp³-hybridized carbons (Fsp3) is 0.417. The van der Waals surface area contributed by atoms with Gasteiger partial charge in [0.05, 0.1) is 11.2 Å². The van der Waals surface area contributed by atoms with Crippen LogP contribution in [0.15, 0.2) is 27.7 Å². The molecular weight excluding hydrogens is 303 g/mol. The molecule has 1 aliphatic rings. The molecule has 1 aliphatic heterocycles. The van der Waals surface area contributed by atoms with Crippen LogP contribution in [0.1, 0.15) is 20.3 Å². The Morgan fingerprint density at radius 2 is 2.35 bits per heavy atom. The predicted octanol–water partition coefficient (Wildman–Crippen LogP) is 4.27. The van der Waals surface area contributed by atoms with Crippen LogP contribution in [-0.4, -0.2) is 16.5 Å². The van der Waals surface area contributed by atoms with Gasteiger partial charge in [-0.25, -0.2) is 4.39 Å².